The van der Waals surface area contributed by atoms with Gasteiger partial charge in [-0.25, -0.2) is 4.98 Å². The van der Waals surface area contributed by atoms with Crippen LogP contribution in [0, 0.1) is 12.8 Å². The van der Waals surface area contributed by atoms with E-state index in [0.29, 0.717) is 18.0 Å². The van der Waals surface area contributed by atoms with Crippen LogP contribution < -0.4 is 5.73 Å². The topological polar surface area (TPSA) is 68.6 Å². The smallest absolute Gasteiger partial charge is 0.254 e. The third kappa shape index (κ3) is 3.58. The van der Waals surface area contributed by atoms with Crippen molar-refractivity contribution in [3.05, 3.63) is 59.9 Å². The standard InChI is InChI=1S/C26H31N5O/c1-17(2)15-31-22-9-5-4-7-19(22)13-23(31)25-18(3)30-12-10-20(14-24(30)28-25)26(32)29-11-6-8-21(27)16-29/h4-5,7,9-10,12-14,17,21H,6,8,11,15-16,27H2,1-3H3/t21-/m1/s1. The molecule has 0 saturated carbocycles. The Morgan fingerprint density at radius 3 is 2.81 bits per heavy atom. The molecule has 1 saturated heterocycles. The fraction of sp³-hybridized carbons (Fsp3) is 0.385. The molecule has 6 nitrogen and oxygen atoms in total. The lowest BCUT2D eigenvalue weighted by Crippen LogP contribution is -2.45. The number of piperidine rings is 1. The fourth-order valence-electron chi connectivity index (χ4n) is 4.89. The summed E-state index contributed by atoms with van der Waals surface area (Å²) in [6.45, 7) is 8.88. The minimum atomic E-state index is 0.0405. The van der Waals surface area contributed by atoms with Crippen LogP contribution in [-0.2, 0) is 6.54 Å². The maximum atomic E-state index is 13.1. The number of rotatable bonds is 4. The number of para-hydroxylation sites is 1. The zero-order chi connectivity index (χ0) is 22.4. The first-order valence-corrected chi connectivity index (χ1v) is 11.5. The van der Waals surface area contributed by atoms with Gasteiger partial charge >= 0.3 is 0 Å². The molecule has 1 aromatic carbocycles. The number of aromatic nitrogens is 3. The van der Waals surface area contributed by atoms with Crippen molar-refractivity contribution >= 4 is 22.5 Å². The number of benzene rings is 1. The Morgan fingerprint density at radius 1 is 1.22 bits per heavy atom. The highest BCUT2D eigenvalue weighted by molar-refractivity contribution is 5.95. The number of nitrogens with zero attached hydrogens (tertiary/aromatic N) is 4. The lowest BCUT2D eigenvalue weighted by molar-refractivity contribution is 0.0709. The highest BCUT2D eigenvalue weighted by atomic mass is 16.2. The molecule has 1 amide bonds. The van der Waals surface area contributed by atoms with Gasteiger partial charge in [-0.3, -0.25) is 4.79 Å². The van der Waals surface area contributed by atoms with Gasteiger partial charge in [-0.2, -0.15) is 0 Å². The number of carbonyl (C=O) groups is 1. The second-order valence-corrected chi connectivity index (χ2v) is 9.44. The van der Waals surface area contributed by atoms with Crippen LogP contribution in [0.2, 0.25) is 0 Å². The normalized spacial score (nSPS) is 17.0. The summed E-state index contributed by atoms with van der Waals surface area (Å²) in [6, 6.07) is 14.6. The molecule has 0 spiro atoms. The van der Waals surface area contributed by atoms with Crippen LogP contribution in [0.5, 0.6) is 0 Å². The molecular weight excluding hydrogens is 398 g/mol. The number of carbonyl (C=O) groups excluding carboxylic acids is 1. The van der Waals surface area contributed by atoms with Crippen molar-refractivity contribution in [3.8, 4) is 11.4 Å². The van der Waals surface area contributed by atoms with Crippen molar-refractivity contribution < 1.29 is 4.79 Å². The number of imidazole rings is 1. The quantitative estimate of drug-likeness (QED) is 0.520. The van der Waals surface area contributed by atoms with Crippen LogP contribution in [0.3, 0.4) is 0 Å². The van der Waals surface area contributed by atoms with Gasteiger partial charge in [-0.15, -0.1) is 0 Å². The van der Waals surface area contributed by atoms with Crippen molar-refractivity contribution in [2.24, 2.45) is 11.7 Å². The molecule has 32 heavy (non-hydrogen) atoms. The number of likely N-dealkylation sites (tertiary alicyclic amines) is 1. The first-order chi connectivity index (χ1) is 15.4. The van der Waals surface area contributed by atoms with Crippen molar-refractivity contribution in [2.45, 2.75) is 46.2 Å². The van der Waals surface area contributed by atoms with Crippen LogP contribution in [-0.4, -0.2) is 43.9 Å². The summed E-state index contributed by atoms with van der Waals surface area (Å²) in [5, 5.41) is 1.22. The predicted octanol–water partition coefficient (Wildman–Crippen LogP) is 4.48. The second-order valence-electron chi connectivity index (χ2n) is 9.44. The van der Waals surface area contributed by atoms with Gasteiger partial charge in [0.05, 0.1) is 5.69 Å². The van der Waals surface area contributed by atoms with E-state index in [4.69, 9.17) is 10.7 Å². The van der Waals surface area contributed by atoms with Crippen LogP contribution in [0.25, 0.3) is 27.9 Å². The Hall–Kier alpha value is -3.12. The molecule has 4 heterocycles. The minimum absolute atomic E-state index is 0.0405. The van der Waals surface area contributed by atoms with Gasteiger partial charge in [-0.1, -0.05) is 32.0 Å². The predicted molar refractivity (Wildman–Crippen MR) is 129 cm³/mol. The van der Waals surface area contributed by atoms with Crippen molar-refractivity contribution in [3.63, 3.8) is 0 Å². The van der Waals surface area contributed by atoms with Gasteiger partial charge in [-0.05, 0) is 49.9 Å². The van der Waals surface area contributed by atoms with Gasteiger partial charge in [0.15, 0.2) is 0 Å². The molecule has 166 valence electrons. The molecule has 0 bridgehead atoms. The zero-order valence-corrected chi connectivity index (χ0v) is 19.1. The molecule has 2 N–H and O–H groups in total. The van der Waals surface area contributed by atoms with E-state index in [0.717, 1.165) is 48.7 Å². The van der Waals surface area contributed by atoms with E-state index in [1.807, 2.05) is 23.2 Å². The zero-order valence-electron chi connectivity index (χ0n) is 19.1. The lowest BCUT2D eigenvalue weighted by atomic mass is 10.1. The number of pyridine rings is 1. The average molecular weight is 430 g/mol. The lowest BCUT2D eigenvalue weighted by Gasteiger charge is -2.30. The Bertz CT molecular complexity index is 1300. The summed E-state index contributed by atoms with van der Waals surface area (Å²) in [5.41, 5.74) is 11.9. The van der Waals surface area contributed by atoms with E-state index in [-0.39, 0.29) is 11.9 Å². The number of fused-ring (bicyclic) bond motifs is 2. The minimum Gasteiger partial charge on any atom is -0.339 e. The number of amides is 1. The third-order valence-electron chi connectivity index (χ3n) is 6.46. The summed E-state index contributed by atoms with van der Waals surface area (Å²) in [5.74, 6) is 0.556. The van der Waals surface area contributed by atoms with E-state index in [9.17, 15) is 4.79 Å². The van der Waals surface area contributed by atoms with Gasteiger partial charge < -0.3 is 19.6 Å². The van der Waals surface area contributed by atoms with Crippen molar-refractivity contribution in [1.29, 1.82) is 0 Å². The second kappa shape index (κ2) is 8.10. The maximum Gasteiger partial charge on any atom is 0.254 e. The van der Waals surface area contributed by atoms with Crippen LogP contribution in [0.15, 0.2) is 48.7 Å². The van der Waals surface area contributed by atoms with E-state index in [1.165, 1.54) is 10.9 Å². The fourth-order valence-corrected chi connectivity index (χ4v) is 4.89. The molecule has 5 rings (SSSR count). The molecule has 1 aliphatic heterocycles. The molecule has 6 heteroatoms. The molecular formula is C26H31N5O. The Balaban J connectivity index is 1.58. The monoisotopic (exact) mass is 429 g/mol. The maximum absolute atomic E-state index is 13.1. The molecule has 4 aromatic rings. The molecule has 1 fully saturated rings. The van der Waals surface area contributed by atoms with Gasteiger partial charge in [0.1, 0.15) is 11.3 Å². The van der Waals surface area contributed by atoms with Gasteiger partial charge in [0.2, 0.25) is 0 Å². The average Bonchev–Trinajstić information content (AvgIpc) is 3.30. The summed E-state index contributed by atoms with van der Waals surface area (Å²) >= 11 is 0. The molecule has 3 aromatic heterocycles. The number of hydrogen-bond acceptors (Lipinski definition) is 3. The molecule has 1 atom stereocenters. The number of aryl methyl sites for hydroxylation is 1. The first-order valence-electron chi connectivity index (χ1n) is 11.5. The highest BCUT2D eigenvalue weighted by Gasteiger charge is 2.23. The molecule has 0 aliphatic carbocycles. The van der Waals surface area contributed by atoms with Gasteiger partial charge in [0.25, 0.3) is 5.91 Å². The number of nitrogens with two attached hydrogens (primary N) is 1. The summed E-state index contributed by atoms with van der Waals surface area (Å²) < 4.78 is 4.45. The van der Waals surface area contributed by atoms with Gasteiger partial charge in [0, 0.05) is 54.0 Å². The highest BCUT2D eigenvalue weighted by Crippen LogP contribution is 2.31. The van der Waals surface area contributed by atoms with E-state index in [1.54, 1.807) is 0 Å². The largest absolute Gasteiger partial charge is 0.339 e. The SMILES string of the molecule is Cc1c(-c2cc3ccccc3n2CC(C)C)nc2cc(C(=O)N3CCC[C@@H](N)C3)ccn12. The summed E-state index contributed by atoms with van der Waals surface area (Å²) in [6.07, 6.45) is 3.91. The Labute approximate surface area is 188 Å². The molecule has 0 unspecified atom stereocenters. The van der Waals surface area contributed by atoms with Crippen LogP contribution in [0.4, 0.5) is 0 Å². The molecule has 1 aliphatic rings. The molecule has 0 radical (unpaired) electrons. The summed E-state index contributed by atoms with van der Waals surface area (Å²) in [4.78, 5) is 19.9. The first kappa shape index (κ1) is 20.8. The van der Waals surface area contributed by atoms with Crippen molar-refractivity contribution in [1.82, 2.24) is 18.9 Å². The van der Waals surface area contributed by atoms with Crippen molar-refractivity contribution in [2.75, 3.05) is 13.1 Å². The summed E-state index contributed by atoms with van der Waals surface area (Å²) in [7, 11) is 0. The number of hydrogen-bond donors (Lipinski definition) is 1. The Morgan fingerprint density at radius 2 is 2.03 bits per heavy atom. The van der Waals surface area contributed by atoms with E-state index in [2.05, 4.69) is 60.1 Å². The van der Waals surface area contributed by atoms with E-state index < -0.39 is 0 Å². The third-order valence-corrected chi connectivity index (χ3v) is 6.46. The van der Waals surface area contributed by atoms with E-state index >= 15 is 0 Å². The van der Waals surface area contributed by atoms with Crippen LogP contribution >= 0.6 is 0 Å². The van der Waals surface area contributed by atoms with Crippen LogP contribution in [0.1, 0.15) is 42.7 Å². The Kier molecular flexibility index (Phi) is 5.25.